The number of nitrogens with zero attached hydrogens (tertiary/aromatic N) is 3. The van der Waals surface area contributed by atoms with Gasteiger partial charge in [-0.05, 0) is 41.8 Å². The molecule has 2 aromatic heterocycles. The Balaban J connectivity index is 1.76. The van der Waals surface area contributed by atoms with Crippen LogP contribution in [0.3, 0.4) is 0 Å². The first kappa shape index (κ1) is 12.6. The maximum atomic E-state index is 9.32. The molecule has 22 heavy (non-hydrogen) atoms. The van der Waals surface area contributed by atoms with Crippen LogP contribution < -0.4 is 0 Å². The molecule has 0 atom stereocenters. The average molecular weight is 291 g/mol. The van der Waals surface area contributed by atoms with Gasteiger partial charge in [-0.15, -0.1) is 0 Å². The number of aryl methyl sites for hydroxylation is 1. The number of aromatic hydroxyl groups is 1. The highest BCUT2D eigenvalue weighted by Gasteiger charge is 2.11. The number of rotatable bonds is 2. The molecule has 0 amide bonds. The quantitative estimate of drug-likeness (QED) is 0.613. The highest BCUT2D eigenvalue weighted by atomic mass is 16.5. The molecule has 0 fully saturated rings. The molecule has 0 unspecified atom stereocenters. The van der Waals surface area contributed by atoms with Crippen LogP contribution in [0.25, 0.3) is 33.7 Å². The molecule has 2 aromatic carbocycles. The minimum Gasteiger partial charge on any atom is -0.508 e. The van der Waals surface area contributed by atoms with Crippen molar-refractivity contribution in [3.8, 4) is 28.6 Å². The van der Waals surface area contributed by atoms with Gasteiger partial charge >= 0.3 is 0 Å². The fraction of sp³-hybridized carbons (Fsp3) is 0.0588. The van der Waals surface area contributed by atoms with Gasteiger partial charge in [0.2, 0.25) is 5.82 Å². The molecule has 5 heteroatoms. The SMILES string of the molecule is Cn1ccc2ccc(-c3noc(-c4ccc(O)cc4)n3)cc21. The molecule has 0 aliphatic carbocycles. The molecular weight excluding hydrogens is 278 g/mol. The summed E-state index contributed by atoms with van der Waals surface area (Å²) >= 11 is 0. The van der Waals surface area contributed by atoms with Crippen LogP contribution in [0.1, 0.15) is 0 Å². The predicted molar refractivity (Wildman–Crippen MR) is 83.3 cm³/mol. The monoisotopic (exact) mass is 291 g/mol. The number of fused-ring (bicyclic) bond motifs is 1. The zero-order valence-corrected chi connectivity index (χ0v) is 11.9. The number of hydrogen-bond donors (Lipinski definition) is 1. The second-order valence-corrected chi connectivity index (χ2v) is 5.17. The van der Waals surface area contributed by atoms with Crippen LogP contribution in [0.4, 0.5) is 0 Å². The van der Waals surface area contributed by atoms with Crippen molar-refractivity contribution in [3.63, 3.8) is 0 Å². The van der Waals surface area contributed by atoms with Gasteiger partial charge in [-0.1, -0.05) is 17.3 Å². The third kappa shape index (κ3) is 2.03. The largest absolute Gasteiger partial charge is 0.508 e. The summed E-state index contributed by atoms with van der Waals surface area (Å²) in [6, 6.07) is 14.8. The van der Waals surface area contributed by atoms with E-state index in [0.717, 1.165) is 16.6 Å². The lowest BCUT2D eigenvalue weighted by molar-refractivity contribution is 0.432. The average Bonchev–Trinajstić information content (AvgIpc) is 3.16. The van der Waals surface area contributed by atoms with Crippen LogP contribution in [0.2, 0.25) is 0 Å². The van der Waals surface area contributed by atoms with Crippen molar-refractivity contribution in [3.05, 3.63) is 54.7 Å². The summed E-state index contributed by atoms with van der Waals surface area (Å²) in [5, 5.41) is 14.5. The molecular formula is C17H13N3O2. The van der Waals surface area contributed by atoms with E-state index in [-0.39, 0.29) is 5.75 Å². The van der Waals surface area contributed by atoms with Gasteiger partial charge in [0.15, 0.2) is 0 Å². The third-order valence-corrected chi connectivity index (χ3v) is 3.69. The first-order chi connectivity index (χ1) is 10.7. The van der Waals surface area contributed by atoms with Gasteiger partial charge in [0.1, 0.15) is 5.75 Å². The first-order valence-corrected chi connectivity index (χ1v) is 6.89. The van der Waals surface area contributed by atoms with Gasteiger partial charge in [-0.2, -0.15) is 4.98 Å². The Morgan fingerprint density at radius 3 is 2.59 bits per heavy atom. The zero-order chi connectivity index (χ0) is 15.1. The molecule has 108 valence electrons. The van der Waals surface area contributed by atoms with E-state index >= 15 is 0 Å². The van der Waals surface area contributed by atoms with Crippen molar-refractivity contribution in [2.24, 2.45) is 7.05 Å². The number of aromatic nitrogens is 3. The molecule has 4 aromatic rings. The van der Waals surface area contributed by atoms with E-state index in [1.807, 2.05) is 31.4 Å². The standard InChI is InChI=1S/C17H13N3O2/c1-20-9-8-11-2-3-13(10-15(11)20)16-18-17(22-19-16)12-4-6-14(21)7-5-12/h2-10,21H,1H3. The van der Waals surface area contributed by atoms with E-state index in [0.29, 0.717) is 11.7 Å². The van der Waals surface area contributed by atoms with Crippen molar-refractivity contribution < 1.29 is 9.63 Å². The Kier molecular flexibility index (Phi) is 2.72. The molecule has 0 bridgehead atoms. The maximum absolute atomic E-state index is 9.32. The predicted octanol–water partition coefficient (Wildman–Crippen LogP) is 3.60. The second-order valence-electron chi connectivity index (χ2n) is 5.17. The third-order valence-electron chi connectivity index (χ3n) is 3.69. The fourth-order valence-corrected chi connectivity index (χ4v) is 2.46. The van der Waals surface area contributed by atoms with Crippen LogP contribution in [0.5, 0.6) is 5.75 Å². The molecule has 0 spiro atoms. The van der Waals surface area contributed by atoms with Gasteiger partial charge in [0.25, 0.3) is 5.89 Å². The van der Waals surface area contributed by atoms with E-state index in [1.54, 1.807) is 24.3 Å². The lowest BCUT2D eigenvalue weighted by Gasteiger charge is -1.98. The summed E-state index contributed by atoms with van der Waals surface area (Å²) in [6.07, 6.45) is 2.02. The minimum absolute atomic E-state index is 0.206. The van der Waals surface area contributed by atoms with Gasteiger partial charge in [-0.25, -0.2) is 0 Å². The van der Waals surface area contributed by atoms with E-state index in [1.165, 1.54) is 5.39 Å². The number of phenols is 1. The van der Waals surface area contributed by atoms with E-state index in [2.05, 4.69) is 20.8 Å². The highest BCUT2D eigenvalue weighted by Crippen LogP contribution is 2.26. The van der Waals surface area contributed by atoms with Crippen molar-refractivity contribution in [2.45, 2.75) is 0 Å². The fourth-order valence-electron chi connectivity index (χ4n) is 2.46. The molecule has 4 rings (SSSR count). The first-order valence-electron chi connectivity index (χ1n) is 6.89. The molecule has 0 saturated heterocycles. The van der Waals surface area contributed by atoms with Gasteiger partial charge in [0, 0.05) is 29.9 Å². The summed E-state index contributed by atoms with van der Waals surface area (Å²) in [5.41, 5.74) is 2.80. The van der Waals surface area contributed by atoms with Gasteiger partial charge in [-0.3, -0.25) is 0 Å². The van der Waals surface area contributed by atoms with Crippen molar-refractivity contribution in [2.75, 3.05) is 0 Å². The Labute approximate surface area is 126 Å². The number of hydrogen-bond acceptors (Lipinski definition) is 4. The Hall–Kier alpha value is -3.08. The van der Waals surface area contributed by atoms with Crippen LogP contribution in [-0.4, -0.2) is 19.8 Å². The molecule has 0 radical (unpaired) electrons. The van der Waals surface area contributed by atoms with E-state index < -0.39 is 0 Å². The van der Waals surface area contributed by atoms with Crippen molar-refractivity contribution >= 4 is 10.9 Å². The van der Waals surface area contributed by atoms with Crippen molar-refractivity contribution in [1.29, 1.82) is 0 Å². The van der Waals surface area contributed by atoms with Gasteiger partial charge < -0.3 is 14.2 Å². The maximum Gasteiger partial charge on any atom is 0.258 e. The second kappa shape index (κ2) is 4.73. The van der Waals surface area contributed by atoms with Crippen LogP contribution in [-0.2, 0) is 7.05 Å². The van der Waals surface area contributed by atoms with Crippen molar-refractivity contribution in [1.82, 2.24) is 14.7 Å². The summed E-state index contributed by atoms with van der Waals surface area (Å²) in [5.74, 6) is 1.19. The Bertz CT molecular complexity index is 952. The van der Waals surface area contributed by atoms with E-state index in [9.17, 15) is 5.11 Å². The van der Waals surface area contributed by atoms with E-state index in [4.69, 9.17) is 4.52 Å². The van der Waals surface area contributed by atoms with Crippen LogP contribution in [0.15, 0.2) is 59.3 Å². The smallest absolute Gasteiger partial charge is 0.258 e. The normalized spacial score (nSPS) is 11.1. The molecule has 0 aliphatic heterocycles. The molecule has 0 saturated carbocycles. The Morgan fingerprint density at radius 1 is 1.00 bits per heavy atom. The summed E-state index contributed by atoms with van der Waals surface area (Å²) < 4.78 is 7.37. The summed E-state index contributed by atoms with van der Waals surface area (Å²) in [6.45, 7) is 0. The van der Waals surface area contributed by atoms with Crippen LogP contribution in [0, 0.1) is 0 Å². The zero-order valence-electron chi connectivity index (χ0n) is 11.9. The number of phenolic OH excluding ortho intramolecular Hbond substituents is 1. The van der Waals surface area contributed by atoms with Gasteiger partial charge in [0.05, 0.1) is 0 Å². The van der Waals surface area contributed by atoms with Crippen LogP contribution >= 0.6 is 0 Å². The Morgan fingerprint density at radius 2 is 1.77 bits per heavy atom. The molecule has 5 nitrogen and oxygen atoms in total. The lowest BCUT2D eigenvalue weighted by atomic mass is 10.1. The molecule has 2 heterocycles. The number of benzene rings is 2. The highest BCUT2D eigenvalue weighted by molar-refractivity contribution is 5.84. The summed E-state index contributed by atoms with van der Waals surface area (Å²) in [4.78, 5) is 4.43. The minimum atomic E-state index is 0.206. The lowest BCUT2D eigenvalue weighted by Crippen LogP contribution is -1.86. The summed E-state index contributed by atoms with van der Waals surface area (Å²) in [7, 11) is 2.00. The molecule has 0 aliphatic rings. The topological polar surface area (TPSA) is 64.1 Å². The molecule has 1 N–H and O–H groups in total.